The number of fused-ring (bicyclic) bond motifs is 1. The summed E-state index contributed by atoms with van der Waals surface area (Å²) in [7, 11) is 3.98. The standard InChI is InChI=1S/C18H26N4O2/c1-19-10-14-11-22(16(23)15-6-5-7-20(15)2)13-18(14,12-19)17(24)21-8-3-4-9-21/h5-7,14H,3-4,8-13H2,1-2H3/t14-,18-/m0/s1. The molecule has 2 atom stereocenters. The first-order chi connectivity index (χ1) is 11.5. The fourth-order valence-corrected chi connectivity index (χ4v) is 4.85. The molecule has 6 heteroatoms. The molecule has 0 N–H and O–H groups in total. The fourth-order valence-electron chi connectivity index (χ4n) is 4.85. The van der Waals surface area contributed by atoms with E-state index >= 15 is 0 Å². The van der Waals surface area contributed by atoms with E-state index in [4.69, 9.17) is 0 Å². The molecule has 6 nitrogen and oxygen atoms in total. The Morgan fingerprint density at radius 3 is 2.50 bits per heavy atom. The van der Waals surface area contributed by atoms with Crippen LogP contribution in [0.4, 0.5) is 0 Å². The van der Waals surface area contributed by atoms with Crippen LogP contribution < -0.4 is 0 Å². The monoisotopic (exact) mass is 330 g/mol. The number of carbonyl (C=O) groups is 2. The van der Waals surface area contributed by atoms with Crippen molar-refractivity contribution in [2.24, 2.45) is 18.4 Å². The molecule has 1 aromatic rings. The van der Waals surface area contributed by atoms with Crippen molar-refractivity contribution in [3.8, 4) is 0 Å². The smallest absolute Gasteiger partial charge is 0.270 e. The van der Waals surface area contributed by atoms with Gasteiger partial charge in [0, 0.05) is 58.4 Å². The Labute approximate surface area is 143 Å². The summed E-state index contributed by atoms with van der Waals surface area (Å²) in [5, 5.41) is 0. The third-order valence-electron chi connectivity index (χ3n) is 6.05. The maximum atomic E-state index is 13.3. The van der Waals surface area contributed by atoms with Gasteiger partial charge in [0.15, 0.2) is 0 Å². The fraction of sp³-hybridized carbons (Fsp3) is 0.667. The summed E-state index contributed by atoms with van der Waals surface area (Å²) in [5.74, 6) is 0.574. The molecule has 2 amide bonds. The normalized spacial score (nSPS) is 30.2. The summed E-state index contributed by atoms with van der Waals surface area (Å²) >= 11 is 0. The highest BCUT2D eigenvalue weighted by Crippen LogP contribution is 2.44. The second-order valence-corrected chi connectivity index (χ2v) is 7.74. The van der Waals surface area contributed by atoms with E-state index in [0.29, 0.717) is 18.8 Å². The Hall–Kier alpha value is -1.82. The van der Waals surface area contributed by atoms with Crippen molar-refractivity contribution in [2.75, 3.05) is 46.3 Å². The number of hydrogen-bond acceptors (Lipinski definition) is 3. The maximum Gasteiger partial charge on any atom is 0.270 e. The molecule has 3 aliphatic heterocycles. The lowest BCUT2D eigenvalue weighted by atomic mass is 9.79. The molecule has 4 rings (SSSR count). The van der Waals surface area contributed by atoms with Crippen molar-refractivity contribution in [3.63, 3.8) is 0 Å². The zero-order chi connectivity index (χ0) is 16.9. The summed E-state index contributed by atoms with van der Waals surface area (Å²) in [6, 6.07) is 3.75. The van der Waals surface area contributed by atoms with Crippen molar-refractivity contribution in [3.05, 3.63) is 24.0 Å². The van der Waals surface area contributed by atoms with Crippen LogP contribution in [0.15, 0.2) is 18.3 Å². The highest BCUT2D eigenvalue weighted by Gasteiger charge is 2.58. The quantitative estimate of drug-likeness (QED) is 0.800. The second kappa shape index (κ2) is 5.62. The van der Waals surface area contributed by atoms with E-state index in [2.05, 4.69) is 11.9 Å². The number of amides is 2. The number of hydrogen-bond donors (Lipinski definition) is 0. The number of aryl methyl sites for hydroxylation is 1. The van der Waals surface area contributed by atoms with Gasteiger partial charge in [-0.1, -0.05) is 0 Å². The Kier molecular flexibility index (Phi) is 3.67. The van der Waals surface area contributed by atoms with E-state index in [1.54, 1.807) is 0 Å². The molecular formula is C18H26N4O2. The van der Waals surface area contributed by atoms with Gasteiger partial charge in [0.05, 0.1) is 5.41 Å². The van der Waals surface area contributed by atoms with E-state index in [1.807, 2.05) is 39.7 Å². The van der Waals surface area contributed by atoms with E-state index in [0.717, 1.165) is 39.0 Å². The molecule has 0 bridgehead atoms. The van der Waals surface area contributed by atoms with Crippen LogP contribution in [0.3, 0.4) is 0 Å². The summed E-state index contributed by atoms with van der Waals surface area (Å²) in [5.41, 5.74) is 0.298. The zero-order valence-electron chi connectivity index (χ0n) is 14.6. The third-order valence-corrected chi connectivity index (χ3v) is 6.05. The lowest BCUT2D eigenvalue weighted by Crippen LogP contribution is -2.49. The van der Waals surface area contributed by atoms with Crippen LogP contribution in [0.5, 0.6) is 0 Å². The summed E-state index contributed by atoms with van der Waals surface area (Å²) in [6.07, 6.45) is 4.10. The highest BCUT2D eigenvalue weighted by atomic mass is 16.2. The van der Waals surface area contributed by atoms with E-state index in [-0.39, 0.29) is 17.7 Å². The SMILES string of the molecule is CN1C[C@H]2CN(C(=O)c3cccn3C)C[C@@]2(C(=O)N2CCCC2)C1. The summed E-state index contributed by atoms with van der Waals surface area (Å²) in [4.78, 5) is 32.4. The molecular weight excluding hydrogens is 304 g/mol. The van der Waals surface area contributed by atoms with Gasteiger partial charge < -0.3 is 19.3 Å². The predicted molar refractivity (Wildman–Crippen MR) is 90.6 cm³/mol. The van der Waals surface area contributed by atoms with Gasteiger partial charge in [-0.25, -0.2) is 0 Å². The van der Waals surface area contributed by atoms with E-state index < -0.39 is 5.41 Å². The van der Waals surface area contributed by atoms with Crippen LogP contribution in [0.2, 0.25) is 0 Å². The predicted octanol–water partition coefficient (Wildman–Crippen LogP) is 0.651. The van der Waals surface area contributed by atoms with E-state index in [9.17, 15) is 9.59 Å². The van der Waals surface area contributed by atoms with Gasteiger partial charge in [-0.15, -0.1) is 0 Å². The average molecular weight is 330 g/mol. The van der Waals surface area contributed by atoms with E-state index in [1.165, 1.54) is 0 Å². The van der Waals surface area contributed by atoms with Gasteiger partial charge in [-0.05, 0) is 32.0 Å². The maximum absolute atomic E-state index is 13.3. The summed E-state index contributed by atoms with van der Waals surface area (Å²) < 4.78 is 1.86. The van der Waals surface area contributed by atoms with Crippen LogP contribution in [0, 0.1) is 11.3 Å². The first-order valence-corrected chi connectivity index (χ1v) is 8.90. The van der Waals surface area contributed by atoms with Crippen LogP contribution in [0.25, 0.3) is 0 Å². The molecule has 0 radical (unpaired) electrons. The van der Waals surface area contributed by atoms with Gasteiger partial charge >= 0.3 is 0 Å². The average Bonchev–Trinajstić information content (AvgIpc) is 3.28. The Morgan fingerprint density at radius 2 is 1.83 bits per heavy atom. The van der Waals surface area contributed by atoms with Gasteiger partial charge in [-0.2, -0.15) is 0 Å². The number of carbonyl (C=O) groups excluding carboxylic acids is 2. The van der Waals surface area contributed by atoms with Crippen LogP contribution in [0.1, 0.15) is 23.3 Å². The van der Waals surface area contributed by atoms with Gasteiger partial charge in [-0.3, -0.25) is 9.59 Å². The number of nitrogens with zero attached hydrogens (tertiary/aromatic N) is 4. The van der Waals surface area contributed by atoms with Crippen LogP contribution in [-0.2, 0) is 11.8 Å². The topological polar surface area (TPSA) is 48.8 Å². The molecule has 4 heterocycles. The zero-order valence-corrected chi connectivity index (χ0v) is 14.6. The largest absolute Gasteiger partial charge is 0.347 e. The molecule has 3 fully saturated rings. The minimum absolute atomic E-state index is 0.0492. The van der Waals surface area contributed by atoms with Crippen molar-refractivity contribution in [2.45, 2.75) is 12.8 Å². The Balaban J connectivity index is 1.59. The first-order valence-electron chi connectivity index (χ1n) is 8.90. The highest BCUT2D eigenvalue weighted by molar-refractivity contribution is 5.94. The van der Waals surface area contributed by atoms with Gasteiger partial charge in [0.2, 0.25) is 5.91 Å². The molecule has 0 aromatic carbocycles. The van der Waals surface area contributed by atoms with Crippen LogP contribution in [-0.4, -0.2) is 77.4 Å². The van der Waals surface area contributed by atoms with Gasteiger partial charge in [0.1, 0.15) is 5.69 Å². The van der Waals surface area contributed by atoms with Gasteiger partial charge in [0.25, 0.3) is 5.91 Å². The molecule has 0 aliphatic carbocycles. The minimum atomic E-state index is -0.403. The molecule has 130 valence electrons. The first kappa shape index (κ1) is 15.7. The number of aromatic nitrogens is 1. The Morgan fingerprint density at radius 1 is 1.08 bits per heavy atom. The van der Waals surface area contributed by atoms with Crippen molar-refractivity contribution < 1.29 is 9.59 Å². The minimum Gasteiger partial charge on any atom is -0.347 e. The van der Waals surface area contributed by atoms with Crippen molar-refractivity contribution in [1.82, 2.24) is 19.3 Å². The molecule has 0 saturated carbocycles. The lowest BCUT2D eigenvalue weighted by Gasteiger charge is -2.32. The van der Waals surface area contributed by atoms with Crippen LogP contribution >= 0.6 is 0 Å². The second-order valence-electron chi connectivity index (χ2n) is 7.74. The molecule has 1 aromatic heterocycles. The summed E-state index contributed by atoms with van der Waals surface area (Å²) in [6.45, 7) is 4.67. The number of rotatable bonds is 2. The molecule has 0 unspecified atom stereocenters. The Bertz CT molecular complexity index is 664. The third kappa shape index (κ3) is 2.27. The number of likely N-dealkylation sites (tertiary alicyclic amines) is 3. The molecule has 0 spiro atoms. The van der Waals surface area contributed by atoms with Crippen molar-refractivity contribution in [1.29, 1.82) is 0 Å². The molecule has 24 heavy (non-hydrogen) atoms. The molecule has 3 saturated heterocycles. The lowest BCUT2D eigenvalue weighted by molar-refractivity contribution is -0.141. The molecule has 3 aliphatic rings. The van der Waals surface area contributed by atoms with Crippen molar-refractivity contribution >= 4 is 11.8 Å².